The quantitative estimate of drug-likeness (QED) is 0.507. The molecule has 2 aromatic carbocycles. The first-order valence-corrected chi connectivity index (χ1v) is 8.01. The van der Waals surface area contributed by atoms with Crippen LogP contribution in [0, 0.1) is 0 Å². The molecule has 2 N–H and O–H groups in total. The SMILES string of the molecule is O=C(Nc1ccc2oc(=O)ccc2c1)c1cc2ccc(Br)cc2[nH]1. The first-order chi connectivity index (χ1) is 11.6. The second kappa shape index (κ2) is 5.65. The van der Waals surface area contributed by atoms with E-state index in [0.717, 1.165) is 20.8 Å². The minimum Gasteiger partial charge on any atom is -0.423 e. The van der Waals surface area contributed by atoms with Crippen molar-refractivity contribution in [3.63, 3.8) is 0 Å². The molecule has 0 aliphatic heterocycles. The first kappa shape index (κ1) is 14.7. The number of amides is 1. The minimum atomic E-state index is -0.400. The van der Waals surface area contributed by atoms with E-state index in [0.29, 0.717) is 17.0 Å². The molecule has 118 valence electrons. The fraction of sp³-hybridized carbons (Fsp3) is 0. The van der Waals surface area contributed by atoms with Crippen LogP contribution in [0.5, 0.6) is 0 Å². The van der Waals surface area contributed by atoms with Gasteiger partial charge in [-0.05, 0) is 42.5 Å². The molecule has 0 bridgehead atoms. The van der Waals surface area contributed by atoms with Gasteiger partial charge < -0.3 is 14.7 Å². The van der Waals surface area contributed by atoms with Crippen molar-refractivity contribution in [3.05, 3.63) is 75.2 Å². The third-order valence-corrected chi connectivity index (χ3v) is 4.20. The smallest absolute Gasteiger partial charge is 0.336 e. The van der Waals surface area contributed by atoms with Gasteiger partial charge in [0.1, 0.15) is 11.3 Å². The van der Waals surface area contributed by atoms with E-state index < -0.39 is 5.63 Å². The molecule has 5 nitrogen and oxygen atoms in total. The average molecular weight is 383 g/mol. The number of fused-ring (bicyclic) bond motifs is 2. The summed E-state index contributed by atoms with van der Waals surface area (Å²) in [5.74, 6) is -0.237. The van der Waals surface area contributed by atoms with E-state index in [9.17, 15) is 9.59 Å². The number of rotatable bonds is 2. The van der Waals surface area contributed by atoms with Gasteiger partial charge in [0.15, 0.2) is 0 Å². The number of hydrogen-bond acceptors (Lipinski definition) is 3. The van der Waals surface area contributed by atoms with Gasteiger partial charge in [-0.2, -0.15) is 0 Å². The zero-order valence-corrected chi connectivity index (χ0v) is 13.9. The molecule has 0 atom stereocenters. The summed E-state index contributed by atoms with van der Waals surface area (Å²) in [4.78, 5) is 26.7. The van der Waals surface area contributed by atoms with Gasteiger partial charge in [-0.3, -0.25) is 4.79 Å². The van der Waals surface area contributed by atoms with E-state index in [-0.39, 0.29) is 5.91 Å². The fourth-order valence-electron chi connectivity index (χ4n) is 2.57. The molecule has 4 aromatic rings. The third-order valence-electron chi connectivity index (χ3n) is 3.71. The average Bonchev–Trinajstić information content (AvgIpc) is 2.98. The van der Waals surface area contributed by atoms with Gasteiger partial charge in [0.05, 0.1) is 0 Å². The molecule has 0 spiro atoms. The summed E-state index contributed by atoms with van der Waals surface area (Å²) in [6.07, 6.45) is 0. The van der Waals surface area contributed by atoms with Crippen molar-refractivity contribution in [1.29, 1.82) is 0 Å². The Kier molecular flexibility index (Phi) is 3.46. The van der Waals surface area contributed by atoms with Crippen molar-refractivity contribution >= 4 is 49.4 Å². The molecule has 2 aromatic heterocycles. The molecule has 0 aliphatic carbocycles. The summed E-state index contributed by atoms with van der Waals surface area (Å²) < 4.78 is 6.02. The van der Waals surface area contributed by atoms with Crippen molar-refractivity contribution in [2.75, 3.05) is 5.32 Å². The van der Waals surface area contributed by atoms with Crippen LogP contribution in [0.15, 0.2) is 68.3 Å². The highest BCUT2D eigenvalue weighted by molar-refractivity contribution is 9.10. The second-order valence-corrected chi connectivity index (χ2v) is 6.29. The van der Waals surface area contributed by atoms with Crippen molar-refractivity contribution in [1.82, 2.24) is 4.98 Å². The maximum Gasteiger partial charge on any atom is 0.336 e. The molecule has 6 heteroatoms. The Morgan fingerprint density at radius 1 is 1.00 bits per heavy atom. The monoisotopic (exact) mass is 382 g/mol. The van der Waals surface area contributed by atoms with Gasteiger partial charge in [-0.1, -0.05) is 22.0 Å². The summed E-state index contributed by atoms with van der Waals surface area (Å²) >= 11 is 3.41. The number of aromatic nitrogens is 1. The minimum absolute atomic E-state index is 0.237. The molecule has 0 radical (unpaired) electrons. The molecule has 0 saturated carbocycles. The van der Waals surface area contributed by atoms with Crippen molar-refractivity contribution < 1.29 is 9.21 Å². The van der Waals surface area contributed by atoms with Crippen molar-refractivity contribution in [2.24, 2.45) is 0 Å². The van der Waals surface area contributed by atoms with Gasteiger partial charge in [0.2, 0.25) is 0 Å². The van der Waals surface area contributed by atoms with Crippen LogP contribution in [0.2, 0.25) is 0 Å². The van der Waals surface area contributed by atoms with E-state index in [1.807, 2.05) is 18.2 Å². The number of aromatic amines is 1. The van der Waals surface area contributed by atoms with E-state index in [4.69, 9.17) is 4.42 Å². The predicted molar refractivity (Wildman–Crippen MR) is 96.4 cm³/mol. The Balaban J connectivity index is 1.64. The number of halogens is 1. The van der Waals surface area contributed by atoms with Gasteiger partial charge >= 0.3 is 5.63 Å². The van der Waals surface area contributed by atoms with Crippen LogP contribution in [0.3, 0.4) is 0 Å². The van der Waals surface area contributed by atoms with Gasteiger partial charge in [0.25, 0.3) is 5.91 Å². The van der Waals surface area contributed by atoms with Crippen LogP contribution in [-0.4, -0.2) is 10.9 Å². The highest BCUT2D eigenvalue weighted by Gasteiger charge is 2.10. The second-order valence-electron chi connectivity index (χ2n) is 5.38. The lowest BCUT2D eigenvalue weighted by atomic mass is 10.2. The lowest BCUT2D eigenvalue weighted by Crippen LogP contribution is -2.12. The van der Waals surface area contributed by atoms with E-state index >= 15 is 0 Å². The van der Waals surface area contributed by atoms with Gasteiger partial charge in [-0.15, -0.1) is 0 Å². The molecule has 0 saturated heterocycles. The lowest BCUT2D eigenvalue weighted by molar-refractivity contribution is 0.102. The lowest BCUT2D eigenvalue weighted by Gasteiger charge is -2.04. The number of carbonyl (C=O) groups excluding carboxylic acids is 1. The van der Waals surface area contributed by atoms with Gasteiger partial charge in [-0.25, -0.2) is 4.79 Å². The molecule has 0 aliphatic rings. The van der Waals surface area contributed by atoms with Crippen LogP contribution in [0.1, 0.15) is 10.5 Å². The predicted octanol–water partition coefficient (Wildman–Crippen LogP) is 4.29. The zero-order valence-electron chi connectivity index (χ0n) is 12.3. The topological polar surface area (TPSA) is 75.1 Å². The number of carbonyl (C=O) groups is 1. The van der Waals surface area contributed by atoms with Crippen LogP contribution in [0.25, 0.3) is 21.9 Å². The first-order valence-electron chi connectivity index (χ1n) is 7.22. The van der Waals surface area contributed by atoms with Crippen LogP contribution >= 0.6 is 15.9 Å². The number of nitrogens with one attached hydrogen (secondary N) is 2. The Morgan fingerprint density at radius 2 is 1.83 bits per heavy atom. The maximum atomic E-state index is 12.4. The number of hydrogen-bond donors (Lipinski definition) is 2. The molecule has 4 rings (SSSR count). The van der Waals surface area contributed by atoms with Crippen molar-refractivity contribution in [2.45, 2.75) is 0 Å². The normalized spacial score (nSPS) is 11.0. The zero-order chi connectivity index (χ0) is 16.7. The molecule has 0 fully saturated rings. The molecule has 24 heavy (non-hydrogen) atoms. The highest BCUT2D eigenvalue weighted by Crippen LogP contribution is 2.22. The molecular weight excluding hydrogens is 372 g/mol. The standard InChI is InChI=1S/C18H11BrN2O3/c19-12-3-1-10-8-15(21-14(10)9-12)18(23)20-13-4-5-16-11(7-13)2-6-17(22)24-16/h1-9,21H,(H,20,23). The molecular formula is C18H11BrN2O3. The molecule has 2 heterocycles. The Hall–Kier alpha value is -2.86. The number of benzene rings is 2. The summed E-state index contributed by atoms with van der Waals surface area (Å²) in [5, 5.41) is 4.54. The summed E-state index contributed by atoms with van der Waals surface area (Å²) in [6, 6.07) is 15.7. The molecule has 0 unspecified atom stereocenters. The number of H-pyrrole nitrogens is 1. The summed E-state index contributed by atoms with van der Waals surface area (Å²) in [6.45, 7) is 0. The van der Waals surface area contributed by atoms with E-state index in [2.05, 4.69) is 26.2 Å². The van der Waals surface area contributed by atoms with Crippen molar-refractivity contribution in [3.8, 4) is 0 Å². The van der Waals surface area contributed by atoms with Crippen LogP contribution in [-0.2, 0) is 0 Å². The summed E-state index contributed by atoms with van der Waals surface area (Å²) in [5.41, 5.74) is 2.07. The van der Waals surface area contributed by atoms with Gasteiger partial charge in [0, 0.05) is 32.5 Å². The largest absolute Gasteiger partial charge is 0.423 e. The Labute approximate surface area is 144 Å². The van der Waals surface area contributed by atoms with E-state index in [1.54, 1.807) is 30.3 Å². The van der Waals surface area contributed by atoms with E-state index in [1.165, 1.54) is 6.07 Å². The molecule has 1 amide bonds. The maximum absolute atomic E-state index is 12.4. The van der Waals surface area contributed by atoms with Crippen LogP contribution < -0.4 is 10.9 Å². The Bertz CT molecular complexity index is 1140. The number of anilines is 1. The fourth-order valence-corrected chi connectivity index (χ4v) is 2.93. The summed E-state index contributed by atoms with van der Waals surface area (Å²) in [7, 11) is 0. The van der Waals surface area contributed by atoms with Crippen LogP contribution in [0.4, 0.5) is 5.69 Å². The highest BCUT2D eigenvalue weighted by atomic mass is 79.9. The Morgan fingerprint density at radius 3 is 2.71 bits per heavy atom. The third kappa shape index (κ3) is 2.72.